The van der Waals surface area contributed by atoms with Crippen molar-refractivity contribution in [2.75, 3.05) is 11.9 Å². The zero-order valence-corrected chi connectivity index (χ0v) is 16.4. The van der Waals surface area contributed by atoms with Crippen molar-refractivity contribution < 1.29 is 14.4 Å². The van der Waals surface area contributed by atoms with Crippen LogP contribution in [0.2, 0.25) is 0 Å². The molecular formula is C20H23N3O3S. The second-order valence-electron chi connectivity index (χ2n) is 7.57. The smallest absolute Gasteiger partial charge is 0.233 e. The van der Waals surface area contributed by atoms with Gasteiger partial charge < -0.3 is 5.32 Å². The fourth-order valence-corrected chi connectivity index (χ4v) is 5.33. The summed E-state index contributed by atoms with van der Waals surface area (Å²) in [7, 11) is 0. The molecule has 6 nitrogen and oxygen atoms in total. The first-order valence-electron chi connectivity index (χ1n) is 9.47. The molecule has 2 unspecified atom stereocenters. The number of nitrogens with one attached hydrogen (secondary N) is 1. The van der Waals surface area contributed by atoms with Gasteiger partial charge in [0.25, 0.3) is 0 Å². The highest BCUT2D eigenvalue weighted by Gasteiger charge is 2.47. The van der Waals surface area contributed by atoms with E-state index in [0.717, 1.165) is 47.0 Å². The van der Waals surface area contributed by atoms with E-state index in [0.29, 0.717) is 5.13 Å². The van der Waals surface area contributed by atoms with Crippen LogP contribution in [0.15, 0.2) is 12.1 Å². The summed E-state index contributed by atoms with van der Waals surface area (Å²) in [5, 5.41) is 3.37. The van der Waals surface area contributed by atoms with Gasteiger partial charge in [-0.3, -0.25) is 19.3 Å². The Morgan fingerprint density at radius 2 is 1.85 bits per heavy atom. The number of carbonyl (C=O) groups is 3. The Morgan fingerprint density at radius 1 is 1.19 bits per heavy atom. The lowest BCUT2D eigenvalue weighted by molar-refractivity contribution is -0.140. The predicted molar refractivity (Wildman–Crippen MR) is 105 cm³/mol. The maximum atomic E-state index is 12.5. The molecule has 3 amide bonds. The van der Waals surface area contributed by atoms with Crippen LogP contribution in [0, 0.1) is 25.7 Å². The van der Waals surface area contributed by atoms with Crippen molar-refractivity contribution in [2.24, 2.45) is 11.8 Å². The summed E-state index contributed by atoms with van der Waals surface area (Å²) in [5.41, 5.74) is 3.14. The Labute approximate surface area is 161 Å². The number of thiazole rings is 1. The number of hydrogen-bond acceptors (Lipinski definition) is 5. The van der Waals surface area contributed by atoms with E-state index in [1.165, 1.54) is 16.2 Å². The number of amides is 3. The minimum atomic E-state index is -0.223. The fraction of sp³-hybridized carbons (Fsp3) is 0.500. The van der Waals surface area contributed by atoms with Crippen LogP contribution in [0.4, 0.5) is 5.13 Å². The number of aryl methyl sites for hydroxylation is 2. The molecular weight excluding hydrogens is 362 g/mol. The standard InChI is InChI=1S/C20H23N3O3S/c1-11-9-12(2)17-15(10-11)27-20(22-17)21-16(24)7-8-23-18(25)13-5-3-4-6-14(13)19(23)26/h9-10,13-14H,3-8H2,1-2H3,(H,21,22,24). The lowest BCUT2D eigenvalue weighted by Crippen LogP contribution is -2.34. The van der Waals surface area contributed by atoms with Crippen LogP contribution < -0.4 is 5.32 Å². The maximum Gasteiger partial charge on any atom is 0.233 e. The van der Waals surface area contributed by atoms with E-state index in [-0.39, 0.29) is 42.5 Å². The van der Waals surface area contributed by atoms with Crippen molar-refractivity contribution in [3.63, 3.8) is 0 Å². The van der Waals surface area contributed by atoms with E-state index in [1.54, 1.807) is 0 Å². The monoisotopic (exact) mass is 385 g/mol. The molecule has 1 saturated carbocycles. The summed E-state index contributed by atoms with van der Waals surface area (Å²) < 4.78 is 1.04. The first kappa shape index (κ1) is 18.1. The minimum Gasteiger partial charge on any atom is -0.302 e. The molecule has 1 aromatic carbocycles. The van der Waals surface area contributed by atoms with Crippen molar-refractivity contribution in [1.29, 1.82) is 0 Å². The lowest BCUT2D eigenvalue weighted by atomic mass is 9.81. The van der Waals surface area contributed by atoms with Gasteiger partial charge in [0.1, 0.15) is 0 Å². The number of benzene rings is 1. The number of carbonyl (C=O) groups excluding carboxylic acids is 3. The molecule has 2 heterocycles. The predicted octanol–water partition coefficient (Wildman–Crippen LogP) is 3.42. The minimum absolute atomic E-state index is 0.0939. The first-order chi connectivity index (χ1) is 12.9. The zero-order chi connectivity index (χ0) is 19.1. The molecule has 1 aliphatic heterocycles. The van der Waals surface area contributed by atoms with Crippen LogP contribution in [0.1, 0.15) is 43.2 Å². The number of rotatable bonds is 4. The molecule has 0 radical (unpaired) electrons. The average Bonchev–Trinajstić information content (AvgIpc) is 3.13. The first-order valence-corrected chi connectivity index (χ1v) is 10.3. The molecule has 1 N–H and O–H groups in total. The average molecular weight is 385 g/mol. The van der Waals surface area contributed by atoms with Crippen LogP contribution in [0.3, 0.4) is 0 Å². The molecule has 7 heteroatoms. The maximum absolute atomic E-state index is 12.5. The molecule has 2 aromatic rings. The zero-order valence-electron chi connectivity index (χ0n) is 15.6. The molecule has 1 saturated heterocycles. The van der Waals surface area contributed by atoms with Crippen LogP contribution in [-0.4, -0.2) is 34.2 Å². The van der Waals surface area contributed by atoms with E-state index in [1.807, 2.05) is 13.8 Å². The Bertz CT molecular complexity index is 912. The number of likely N-dealkylation sites (tertiary alicyclic amines) is 1. The van der Waals surface area contributed by atoms with Gasteiger partial charge in [-0.25, -0.2) is 4.98 Å². The third kappa shape index (κ3) is 3.36. The second-order valence-corrected chi connectivity index (χ2v) is 8.60. The molecule has 1 aromatic heterocycles. The normalized spacial score (nSPS) is 22.4. The molecule has 2 atom stereocenters. The number of hydrogen-bond donors (Lipinski definition) is 1. The number of nitrogens with zero attached hydrogens (tertiary/aromatic N) is 2. The highest BCUT2D eigenvalue weighted by molar-refractivity contribution is 7.22. The van der Waals surface area contributed by atoms with Crippen LogP contribution >= 0.6 is 11.3 Å². The summed E-state index contributed by atoms with van der Waals surface area (Å²) in [5.74, 6) is -0.736. The van der Waals surface area contributed by atoms with Gasteiger partial charge in [-0.15, -0.1) is 0 Å². The highest BCUT2D eigenvalue weighted by atomic mass is 32.1. The number of fused-ring (bicyclic) bond motifs is 2. The molecule has 0 bridgehead atoms. The van der Waals surface area contributed by atoms with E-state index in [2.05, 4.69) is 22.4 Å². The van der Waals surface area contributed by atoms with Gasteiger partial charge in [-0.2, -0.15) is 0 Å². The number of aromatic nitrogens is 1. The fourth-order valence-electron chi connectivity index (χ4n) is 4.27. The van der Waals surface area contributed by atoms with Gasteiger partial charge in [-0.1, -0.05) is 30.2 Å². The van der Waals surface area contributed by atoms with Crippen molar-refractivity contribution >= 4 is 44.4 Å². The molecule has 4 rings (SSSR count). The van der Waals surface area contributed by atoms with E-state index < -0.39 is 0 Å². The number of anilines is 1. The lowest BCUT2D eigenvalue weighted by Gasteiger charge is -2.19. The van der Waals surface area contributed by atoms with Gasteiger partial charge >= 0.3 is 0 Å². The Morgan fingerprint density at radius 3 is 2.52 bits per heavy atom. The Balaban J connectivity index is 1.39. The van der Waals surface area contributed by atoms with Crippen molar-refractivity contribution in [1.82, 2.24) is 9.88 Å². The third-order valence-electron chi connectivity index (χ3n) is 5.57. The van der Waals surface area contributed by atoms with Gasteiger partial charge in [0.15, 0.2) is 5.13 Å². The topological polar surface area (TPSA) is 79.4 Å². The summed E-state index contributed by atoms with van der Waals surface area (Å²) >= 11 is 1.44. The third-order valence-corrected chi connectivity index (χ3v) is 6.49. The van der Waals surface area contributed by atoms with Crippen molar-refractivity contribution in [3.05, 3.63) is 23.3 Å². The Hall–Kier alpha value is -2.28. The van der Waals surface area contributed by atoms with Crippen LogP contribution in [0.5, 0.6) is 0 Å². The molecule has 0 spiro atoms. The Kier molecular flexibility index (Phi) is 4.72. The van der Waals surface area contributed by atoms with Gasteiger partial charge in [0.05, 0.1) is 22.1 Å². The van der Waals surface area contributed by atoms with Crippen LogP contribution in [0.25, 0.3) is 10.2 Å². The van der Waals surface area contributed by atoms with Gasteiger partial charge in [0, 0.05) is 13.0 Å². The quantitative estimate of drug-likeness (QED) is 0.818. The number of imide groups is 1. The largest absolute Gasteiger partial charge is 0.302 e. The summed E-state index contributed by atoms with van der Waals surface area (Å²) in [6, 6.07) is 4.12. The molecule has 27 heavy (non-hydrogen) atoms. The van der Waals surface area contributed by atoms with Gasteiger partial charge in [0.2, 0.25) is 17.7 Å². The SMILES string of the molecule is Cc1cc(C)c2nc(NC(=O)CCN3C(=O)C4CCCCC4C3=O)sc2c1. The molecule has 1 aliphatic carbocycles. The van der Waals surface area contributed by atoms with Crippen LogP contribution in [-0.2, 0) is 14.4 Å². The second kappa shape index (κ2) is 7.03. The highest BCUT2D eigenvalue weighted by Crippen LogP contribution is 2.38. The van der Waals surface area contributed by atoms with E-state index in [4.69, 9.17) is 0 Å². The van der Waals surface area contributed by atoms with E-state index in [9.17, 15) is 14.4 Å². The van der Waals surface area contributed by atoms with E-state index >= 15 is 0 Å². The summed E-state index contributed by atoms with van der Waals surface area (Å²) in [4.78, 5) is 43.1. The summed E-state index contributed by atoms with van der Waals surface area (Å²) in [6.45, 7) is 4.19. The van der Waals surface area contributed by atoms with Gasteiger partial charge in [-0.05, 0) is 43.9 Å². The molecule has 142 valence electrons. The molecule has 2 fully saturated rings. The summed E-state index contributed by atoms with van der Waals surface area (Å²) in [6.07, 6.45) is 3.70. The molecule has 2 aliphatic rings. The van der Waals surface area contributed by atoms with Crippen molar-refractivity contribution in [2.45, 2.75) is 46.0 Å². The van der Waals surface area contributed by atoms with Crippen molar-refractivity contribution in [3.8, 4) is 0 Å².